The Labute approximate surface area is 213 Å². The molecule has 3 aromatic rings. The molecule has 1 aromatic heterocycles. The lowest BCUT2D eigenvalue weighted by Gasteiger charge is -2.29. The molecular formula is C25H25N5O6S. The van der Waals surface area contributed by atoms with Gasteiger partial charge in [0, 0.05) is 30.3 Å². The number of likely N-dealkylation sites (tertiary alicyclic amines) is 1. The SMILES string of the molecule is N#Cc1cc(-c2nc(-c3cccc4c3CCC4NS(=O)(=O)CC(=O)N3CCC(O)CC3)no2)ccc1O. The lowest BCUT2D eigenvalue weighted by Crippen LogP contribution is -2.44. The molecule has 1 saturated heterocycles. The third-order valence-electron chi connectivity index (χ3n) is 6.75. The van der Waals surface area contributed by atoms with Gasteiger partial charge in [0.15, 0.2) is 0 Å². The normalized spacial score (nSPS) is 17.9. The highest BCUT2D eigenvalue weighted by Crippen LogP contribution is 2.38. The summed E-state index contributed by atoms with van der Waals surface area (Å²) >= 11 is 0. The number of aliphatic hydroxyl groups is 1. The maximum Gasteiger partial charge on any atom is 0.258 e. The molecule has 11 nitrogen and oxygen atoms in total. The van der Waals surface area contributed by atoms with Crippen LogP contribution in [0.3, 0.4) is 0 Å². The van der Waals surface area contributed by atoms with Gasteiger partial charge >= 0.3 is 0 Å². The van der Waals surface area contributed by atoms with Crippen LogP contribution >= 0.6 is 0 Å². The van der Waals surface area contributed by atoms with E-state index >= 15 is 0 Å². The van der Waals surface area contributed by atoms with Gasteiger partial charge in [-0.1, -0.05) is 23.4 Å². The summed E-state index contributed by atoms with van der Waals surface area (Å²) in [6.45, 7) is 0.694. The van der Waals surface area contributed by atoms with Crippen molar-refractivity contribution < 1.29 is 27.9 Å². The van der Waals surface area contributed by atoms with Crippen molar-refractivity contribution >= 4 is 15.9 Å². The highest BCUT2D eigenvalue weighted by molar-refractivity contribution is 7.90. The summed E-state index contributed by atoms with van der Waals surface area (Å²) in [6.07, 6.45) is 1.54. The minimum absolute atomic E-state index is 0.0874. The van der Waals surface area contributed by atoms with Crippen molar-refractivity contribution in [1.82, 2.24) is 19.8 Å². The molecule has 2 aromatic carbocycles. The molecule has 192 valence electrons. The second-order valence-corrected chi connectivity index (χ2v) is 11.0. The van der Waals surface area contributed by atoms with Gasteiger partial charge in [-0.2, -0.15) is 10.2 Å². The van der Waals surface area contributed by atoms with Gasteiger partial charge in [-0.25, -0.2) is 13.1 Å². The zero-order valence-electron chi connectivity index (χ0n) is 19.8. The number of nitriles is 1. The monoisotopic (exact) mass is 523 g/mol. The van der Waals surface area contributed by atoms with Gasteiger partial charge in [0.2, 0.25) is 21.8 Å². The number of phenolic OH excluding ortho intramolecular Hbond substituents is 1. The summed E-state index contributed by atoms with van der Waals surface area (Å²) in [5.74, 6) is -0.746. The van der Waals surface area contributed by atoms with Crippen LogP contribution in [-0.2, 0) is 21.2 Å². The Morgan fingerprint density at radius 1 is 1.22 bits per heavy atom. The van der Waals surface area contributed by atoms with Crippen LogP contribution in [0.4, 0.5) is 0 Å². The van der Waals surface area contributed by atoms with Gasteiger partial charge in [0.05, 0.1) is 11.7 Å². The second kappa shape index (κ2) is 9.93. The van der Waals surface area contributed by atoms with E-state index in [2.05, 4.69) is 14.9 Å². The van der Waals surface area contributed by atoms with Crippen molar-refractivity contribution in [2.75, 3.05) is 18.8 Å². The molecule has 1 amide bonds. The number of nitrogens with one attached hydrogen (secondary N) is 1. The van der Waals surface area contributed by atoms with E-state index in [0.717, 1.165) is 11.1 Å². The molecular weight excluding hydrogens is 498 g/mol. The summed E-state index contributed by atoms with van der Waals surface area (Å²) in [7, 11) is -3.89. The number of carbonyl (C=O) groups excluding carboxylic acids is 1. The Bertz CT molecular complexity index is 1490. The number of sulfonamides is 1. The van der Waals surface area contributed by atoms with Crippen molar-refractivity contribution in [3.63, 3.8) is 0 Å². The fraction of sp³-hybridized carbons (Fsp3) is 0.360. The molecule has 1 atom stereocenters. The summed E-state index contributed by atoms with van der Waals surface area (Å²) in [5, 5.41) is 32.6. The van der Waals surface area contributed by atoms with E-state index in [1.165, 1.54) is 17.0 Å². The van der Waals surface area contributed by atoms with E-state index in [1.807, 2.05) is 18.2 Å². The summed E-state index contributed by atoms with van der Waals surface area (Å²) in [6, 6.07) is 11.3. The molecule has 0 saturated carbocycles. The molecule has 2 heterocycles. The van der Waals surface area contributed by atoms with E-state index in [4.69, 9.17) is 9.78 Å². The van der Waals surface area contributed by atoms with Crippen LogP contribution in [0.5, 0.6) is 5.75 Å². The third-order valence-corrected chi connectivity index (χ3v) is 8.02. The number of benzene rings is 2. The molecule has 1 unspecified atom stereocenters. The molecule has 37 heavy (non-hydrogen) atoms. The first kappa shape index (κ1) is 24.9. The smallest absolute Gasteiger partial charge is 0.258 e. The minimum Gasteiger partial charge on any atom is -0.507 e. The molecule has 1 aliphatic heterocycles. The standard InChI is InChI=1S/C25H25N5O6S/c26-13-16-12-15(4-7-22(16)32)25-27-24(28-36-25)20-3-1-2-19-18(20)5-6-21(19)29-37(34,35)14-23(33)30-10-8-17(31)9-11-30/h1-4,7,12,17,21,29,31-32H,5-6,8-11,14H2. The average molecular weight is 524 g/mol. The number of nitrogens with zero attached hydrogens (tertiary/aromatic N) is 4. The number of phenols is 1. The first-order chi connectivity index (χ1) is 17.7. The van der Waals surface area contributed by atoms with Crippen molar-refractivity contribution in [2.24, 2.45) is 0 Å². The molecule has 1 fully saturated rings. The number of aliphatic hydroxyl groups excluding tert-OH is 1. The van der Waals surface area contributed by atoms with E-state index < -0.39 is 33.8 Å². The van der Waals surface area contributed by atoms with Gasteiger partial charge in [-0.15, -0.1) is 0 Å². The number of hydrogen-bond donors (Lipinski definition) is 3. The first-order valence-corrected chi connectivity index (χ1v) is 13.5. The Hall–Kier alpha value is -3.79. The number of rotatable bonds is 6. The largest absolute Gasteiger partial charge is 0.507 e. The van der Waals surface area contributed by atoms with Crippen molar-refractivity contribution in [3.8, 4) is 34.7 Å². The predicted octanol–water partition coefficient (Wildman–Crippen LogP) is 1.87. The Morgan fingerprint density at radius 3 is 2.76 bits per heavy atom. The van der Waals surface area contributed by atoms with E-state index in [0.29, 0.717) is 55.7 Å². The summed E-state index contributed by atoms with van der Waals surface area (Å²) < 4.78 is 33.7. The number of amides is 1. The van der Waals surface area contributed by atoms with Crippen molar-refractivity contribution in [1.29, 1.82) is 5.26 Å². The molecule has 2 aliphatic rings. The van der Waals surface area contributed by atoms with Crippen molar-refractivity contribution in [2.45, 2.75) is 37.8 Å². The zero-order valence-corrected chi connectivity index (χ0v) is 20.6. The van der Waals surface area contributed by atoms with Crippen LogP contribution in [0.2, 0.25) is 0 Å². The summed E-state index contributed by atoms with van der Waals surface area (Å²) in [4.78, 5) is 18.5. The third kappa shape index (κ3) is 5.20. The fourth-order valence-corrected chi connectivity index (χ4v) is 6.09. The first-order valence-electron chi connectivity index (χ1n) is 11.9. The van der Waals surface area contributed by atoms with Crippen LogP contribution < -0.4 is 4.72 Å². The van der Waals surface area contributed by atoms with Crippen LogP contribution in [-0.4, -0.2) is 64.5 Å². The number of piperidine rings is 1. The number of fused-ring (bicyclic) bond motifs is 1. The highest BCUT2D eigenvalue weighted by Gasteiger charge is 2.32. The van der Waals surface area contributed by atoms with Crippen LogP contribution in [0.15, 0.2) is 40.9 Å². The van der Waals surface area contributed by atoms with Crippen LogP contribution in [0.25, 0.3) is 22.8 Å². The quantitative estimate of drug-likeness (QED) is 0.436. The molecule has 0 bridgehead atoms. The predicted molar refractivity (Wildman–Crippen MR) is 131 cm³/mol. The lowest BCUT2D eigenvalue weighted by atomic mass is 10.0. The van der Waals surface area contributed by atoms with E-state index in [9.17, 15) is 23.4 Å². The molecule has 0 radical (unpaired) electrons. The Kier molecular flexibility index (Phi) is 6.68. The van der Waals surface area contributed by atoms with Gasteiger partial charge < -0.3 is 19.6 Å². The lowest BCUT2D eigenvalue weighted by molar-refractivity contribution is -0.130. The number of aromatic nitrogens is 2. The van der Waals surface area contributed by atoms with Crippen LogP contribution in [0, 0.1) is 11.3 Å². The number of carbonyl (C=O) groups is 1. The molecule has 12 heteroatoms. The number of aromatic hydroxyl groups is 1. The molecule has 3 N–H and O–H groups in total. The Morgan fingerprint density at radius 2 is 2.00 bits per heavy atom. The fourth-order valence-electron chi connectivity index (χ4n) is 4.82. The highest BCUT2D eigenvalue weighted by atomic mass is 32.2. The number of hydrogen-bond acceptors (Lipinski definition) is 9. The summed E-state index contributed by atoms with van der Waals surface area (Å²) in [5.41, 5.74) is 2.96. The maximum absolute atomic E-state index is 12.8. The second-order valence-electron chi connectivity index (χ2n) is 9.22. The van der Waals surface area contributed by atoms with Crippen LogP contribution in [0.1, 0.15) is 42.0 Å². The van der Waals surface area contributed by atoms with Gasteiger partial charge in [0.1, 0.15) is 17.6 Å². The Balaban J connectivity index is 1.32. The topological polar surface area (TPSA) is 170 Å². The maximum atomic E-state index is 12.8. The minimum atomic E-state index is -3.89. The molecule has 5 rings (SSSR count). The van der Waals surface area contributed by atoms with Gasteiger partial charge in [-0.3, -0.25) is 4.79 Å². The molecule has 1 aliphatic carbocycles. The van der Waals surface area contributed by atoms with Gasteiger partial charge in [0.25, 0.3) is 5.89 Å². The van der Waals surface area contributed by atoms with E-state index in [1.54, 1.807) is 12.1 Å². The zero-order chi connectivity index (χ0) is 26.2. The molecule has 0 spiro atoms. The van der Waals surface area contributed by atoms with Gasteiger partial charge in [-0.05, 0) is 55.0 Å². The average Bonchev–Trinajstić information content (AvgIpc) is 3.52. The van der Waals surface area contributed by atoms with Crippen molar-refractivity contribution in [3.05, 3.63) is 53.1 Å². The van der Waals surface area contributed by atoms with E-state index in [-0.39, 0.29) is 17.2 Å².